The third kappa shape index (κ3) is 17.4. The maximum Gasteiger partial charge on any atom is 0.293 e. The summed E-state index contributed by atoms with van der Waals surface area (Å²) in [6, 6.07) is 3.69. The van der Waals surface area contributed by atoms with Crippen molar-refractivity contribution >= 4 is 24.0 Å². The zero-order chi connectivity index (χ0) is 29.3. The van der Waals surface area contributed by atoms with Crippen LogP contribution in [0.2, 0.25) is 0 Å². The molecule has 216 valence electrons. The van der Waals surface area contributed by atoms with E-state index >= 15 is 0 Å². The molecule has 0 fully saturated rings. The predicted molar refractivity (Wildman–Crippen MR) is 163 cm³/mol. The predicted octanol–water partition coefficient (Wildman–Crippen LogP) is 6.99. The van der Waals surface area contributed by atoms with E-state index in [4.69, 9.17) is 0 Å². The van der Waals surface area contributed by atoms with Crippen LogP contribution in [0.4, 0.5) is 5.69 Å². The Morgan fingerprint density at radius 1 is 0.850 bits per heavy atom. The highest BCUT2D eigenvalue weighted by molar-refractivity contribution is 5.97. The summed E-state index contributed by atoms with van der Waals surface area (Å²) in [7, 11) is 0. The van der Waals surface area contributed by atoms with Gasteiger partial charge in [0.25, 0.3) is 6.47 Å². The van der Waals surface area contributed by atoms with Gasteiger partial charge >= 0.3 is 0 Å². The highest BCUT2D eigenvalue weighted by Crippen LogP contribution is 2.22. The average Bonchev–Trinajstić information content (AvgIpc) is 2.94. The Bertz CT molecular complexity index is 1070. The van der Waals surface area contributed by atoms with Crippen LogP contribution in [0.3, 0.4) is 0 Å². The summed E-state index contributed by atoms with van der Waals surface area (Å²) in [6.07, 6.45) is 32.2. The van der Waals surface area contributed by atoms with E-state index in [1.807, 2.05) is 12.2 Å². The first-order chi connectivity index (χ1) is 19.5. The molecule has 0 saturated carbocycles. The lowest BCUT2D eigenvalue weighted by atomic mass is 10.1. The van der Waals surface area contributed by atoms with Crippen molar-refractivity contribution in [2.75, 3.05) is 5.32 Å². The third-order valence-corrected chi connectivity index (χ3v) is 5.56. The van der Waals surface area contributed by atoms with Crippen LogP contribution >= 0.6 is 0 Å². The second-order valence-electron chi connectivity index (χ2n) is 8.98. The van der Waals surface area contributed by atoms with Crippen molar-refractivity contribution in [2.24, 2.45) is 0 Å². The second-order valence-corrected chi connectivity index (χ2v) is 8.98. The van der Waals surface area contributed by atoms with Crippen molar-refractivity contribution < 1.29 is 24.2 Å². The number of benzene rings is 1. The molecule has 0 bridgehead atoms. The standard InChI is InChI=1S/C33H44N2O5/c1-3-4-5-6-7-8-9-10-11-12-13-14-15-16-17-18-19-20-21-22-32(38)34-28(2)33(39)35-30-23-24-31(37)29(25-30)26-40-27-36/h4-5,7-8,10-11,13-14,16-17,19-20,23-25,27-28,37H,3,6,9,12,15,18,21-22,26H2,1-2H3,(H,34,38)(H,35,39)/b5-4-,8-7-,11-10-,14-13-,17-16-,20-19-. The number of carbonyl (C=O) groups excluding carboxylic acids is 3. The van der Waals surface area contributed by atoms with Crippen LogP contribution in [0.1, 0.15) is 70.8 Å². The molecule has 1 unspecified atom stereocenters. The van der Waals surface area contributed by atoms with Crippen molar-refractivity contribution in [1.29, 1.82) is 0 Å². The molecule has 40 heavy (non-hydrogen) atoms. The van der Waals surface area contributed by atoms with Crippen LogP contribution in [-0.4, -0.2) is 29.4 Å². The quantitative estimate of drug-likeness (QED) is 0.0926. The van der Waals surface area contributed by atoms with Gasteiger partial charge in [-0.2, -0.15) is 0 Å². The van der Waals surface area contributed by atoms with E-state index in [9.17, 15) is 19.5 Å². The Morgan fingerprint density at radius 3 is 1.90 bits per heavy atom. The number of carbonyl (C=O) groups is 3. The largest absolute Gasteiger partial charge is 0.508 e. The first-order valence-electron chi connectivity index (χ1n) is 13.8. The molecule has 1 aromatic rings. The van der Waals surface area contributed by atoms with E-state index in [-0.39, 0.29) is 31.2 Å². The van der Waals surface area contributed by atoms with E-state index in [2.05, 4.69) is 83.1 Å². The third-order valence-electron chi connectivity index (χ3n) is 5.56. The first-order valence-corrected chi connectivity index (χ1v) is 13.8. The minimum atomic E-state index is -0.735. The summed E-state index contributed by atoms with van der Waals surface area (Å²) in [5.74, 6) is -0.654. The van der Waals surface area contributed by atoms with Crippen molar-refractivity contribution in [3.63, 3.8) is 0 Å². The Morgan fingerprint density at radius 2 is 1.38 bits per heavy atom. The lowest BCUT2D eigenvalue weighted by Crippen LogP contribution is -2.41. The van der Waals surface area contributed by atoms with Gasteiger partial charge in [-0.3, -0.25) is 14.4 Å². The van der Waals surface area contributed by atoms with Gasteiger partial charge in [-0.15, -0.1) is 0 Å². The number of phenols is 1. The molecule has 0 radical (unpaired) electrons. The number of hydrogen-bond acceptors (Lipinski definition) is 5. The first kappa shape index (κ1) is 33.9. The van der Waals surface area contributed by atoms with Crippen LogP contribution in [0.5, 0.6) is 5.75 Å². The van der Waals surface area contributed by atoms with Gasteiger partial charge < -0.3 is 20.5 Å². The fraction of sp³-hybridized carbons (Fsp3) is 0.364. The summed E-state index contributed by atoms with van der Waals surface area (Å²) in [5.41, 5.74) is 0.782. The summed E-state index contributed by atoms with van der Waals surface area (Å²) in [6.45, 7) is 3.91. The van der Waals surface area contributed by atoms with Crippen molar-refractivity contribution in [1.82, 2.24) is 5.32 Å². The number of nitrogens with one attached hydrogen (secondary N) is 2. The van der Waals surface area contributed by atoms with Gasteiger partial charge in [0.15, 0.2) is 0 Å². The SMILES string of the molecule is CC/C=C\C/C=C\C/C=C\C/C=C\C/C=C\C/C=C\CCC(=O)NC(C)C(=O)Nc1ccc(O)c(COC=O)c1. The van der Waals surface area contributed by atoms with Gasteiger partial charge in [0, 0.05) is 17.7 Å². The second kappa shape index (κ2) is 22.8. The summed E-state index contributed by atoms with van der Waals surface area (Å²) >= 11 is 0. The highest BCUT2D eigenvalue weighted by Gasteiger charge is 2.16. The fourth-order valence-corrected chi connectivity index (χ4v) is 3.39. The Hall–Kier alpha value is -4.13. The zero-order valence-electron chi connectivity index (χ0n) is 23.8. The van der Waals surface area contributed by atoms with Crippen molar-refractivity contribution in [3.05, 3.63) is 96.7 Å². The van der Waals surface area contributed by atoms with Crippen molar-refractivity contribution in [3.8, 4) is 5.75 Å². The van der Waals surface area contributed by atoms with Crippen molar-refractivity contribution in [2.45, 2.75) is 77.9 Å². The zero-order valence-corrected chi connectivity index (χ0v) is 23.8. The van der Waals surface area contributed by atoms with E-state index < -0.39 is 11.9 Å². The van der Waals surface area contributed by atoms with Crippen LogP contribution in [0, 0.1) is 0 Å². The number of rotatable bonds is 20. The maximum atomic E-state index is 12.4. The van der Waals surface area contributed by atoms with E-state index in [1.165, 1.54) is 18.2 Å². The monoisotopic (exact) mass is 548 g/mol. The minimum absolute atomic E-state index is 0.0457. The number of phenolic OH excluding ortho intramolecular Hbond substituents is 1. The molecule has 0 heterocycles. The van der Waals surface area contributed by atoms with Crippen LogP contribution in [0.15, 0.2) is 91.1 Å². The Kier molecular flexibility index (Phi) is 19.3. The smallest absolute Gasteiger partial charge is 0.293 e. The average molecular weight is 549 g/mol. The molecule has 1 aromatic carbocycles. The highest BCUT2D eigenvalue weighted by atomic mass is 16.5. The minimum Gasteiger partial charge on any atom is -0.508 e. The van der Waals surface area contributed by atoms with Gasteiger partial charge in [0.05, 0.1) is 0 Å². The molecule has 0 spiro atoms. The molecule has 7 heteroatoms. The Balaban J connectivity index is 2.17. The lowest BCUT2D eigenvalue weighted by molar-refractivity contribution is -0.129. The van der Waals surface area contributed by atoms with Crippen LogP contribution < -0.4 is 10.6 Å². The number of amides is 2. The molecule has 7 nitrogen and oxygen atoms in total. The Labute approximate surface area is 239 Å². The fourth-order valence-electron chi connectivity index (χ4n) is 3.39. The number of hydrogen-bond donors (Lipinski definition) is 3. The van der Waals surface area contributed by atoms with Gasteiger partial charge in [-0.05, 0) is 70.1 Å². The normalized spacial score (nSPS) is 12.8. The number of anilines is 1. The molecule has 2 amide bonds. The topological polar surface area (TPSA) is 105 Å². The molecule has 1 atom stereocenters. The summed E-state index contributed by atoms with van der Waals surface area (Å²) in [4.78, 5) is 34.9. The molecule has 1 rings (SSSR count). The number of allylic oxidation sites excluding steroid dienone is 12. The van der Waals surface area contributed by atoms with Gasteiger partial charge in [0.2, 0.25) is 11.8 Å². The van der Waals surface area contributed by atoms with E-state index in [0.717, 1.165) is 38.5 Å². The number of ether oxygens (including phenoxy) is 1. The molecular weight excluding hydrogens is 504 g/mol. The molecule has 0 saturated heterocycles. The molecule has 0 aliphatic rings. The summed E-state index contributed by atoms with van der Waals surface area (Å²) in [5, 5.41) is 15.2. The number of aromatic hydroxyl groups is 1. The molecule has 0 aliphatic heterocycles. The van der Waals surface area contributed by atoms with Gasteiger partial charge in [-0.1, -0.05) is 79.8 Å². The molecular formula is C33H44N2O5. The lowest BCUT2D eigenvalue weighted by Gasteiger charge is -2.15. The van der Waals surface area contributed by atoms with Gasteiger partial charge in [0.1, 0.15) is 18.4 Å². The summed E-state index contributed by atoms with van der Waals surface area (Å²) < 4.78 is 4.65. The van der Waals surface area contributed by atoms with E-state index in [1.54, 1.807) is 6.92 Å². The molecule has 0 aromatic heterocycles. The molecule has 0 aliphatic carbocycles. The van der Waals surface area contributed by atoms with Gasteiger partial charge in [-0.25, -0.2) is 0 Å². The van der Waals surface area contributed by atoms with Crippen LogP contribution in [0.25, 0.3) is 0 Å². The maximum absolute atomic E-state index is 12.4. The van der Waals surface area contributed by atoms with E-state index in [0.29, 0.717) is 17.7 Å². The molecule has 3 N–H and O–H groups in total. The van der Waals surface area contributed by atoms with Crippen LogP contribution in [-0.2, 0) is 25.7 Å².